The largest absolute Gasteiger partial charge is 0.389 e. The molecule has 0 aliphatic rings. The first-order chi connectivity index (χ1) is 7.91. The summed E-state index contributed by atoms with van der Waals surface area (Å²) in [4.78, 5) is 14.6. The minimum absolute atomic E-state index is 0.0941. The second kappa shape index (κ2) is 6.00. The highest BCUT2D eigenvalue weighted by atomic mass is 32.2. The van der Waals surface area contributed by atoms with Crippen LogP contribution >= 0.6 is 11.8 Å². The van der Waals surface area contributed by atoms with Crippen LogP contribution in [0.4, 0.5) is 5.82 Å². The Hall–Kier alpha value is -1.11. The van der Waals surface area contributed by atoms with Gasteiger partial charge in [-0.05, 0) is 18.6 Å². The number of hydrogen-bond acceptors (Lipinski definition) is 6. The van der Waals surface area contributed by atoms with Crippen LogP contribution in [0.25, 0.3) is 0 Å². The molecule has 1 aromatic heterocycles. The fraction of sp³-hybridized carbons (Fsp3) is 0.455. The van der Waals surface area contributed by atoms with Crippen LogP contribution in [0.2, 0.25) is 0 Å². The van der Waals surface area contributed by atoms with E-state index in [1.54, 1.807) is 13.0 Å². The fourth-order valence-corrected chi connectivity index (χ4v) is 1.99. The van der Waals surface area contributed by atoms with Crippen molar-refractivity contribution in [1.82, 2.24) is 4.98 Å². The third kappa shape index (κ3) is 3.99. The molecule has 2 unspecified atom stereocenters. The van der Waals surface area contributed by atoms with Crippen molar-refractivity contribution in [3.05, 3.63) is 23.4 Å². The van der Waals surface area contributed by atoms with Crippen LogP contribution in [-0.4, -0.2) is 32.2 Å². The predicted molar refractivity (Wildman–Crippen MR) is 67.5 cm³/mol. The Morgan fingerprint density at radius 3 is 2.76 bits per heavy atom. The first-order valence-corrected chi connectivity index (χ1v) is 6.12. The lowest BCUT2D eigenvalue weighted by Crippen LogP contribution is -2.22. The number of aliphatic hydroxyl groups is 2. The van der Waals surface area contributed by atoms with Gasteiger partial charge in [-0.3, -0.25) is 4.79 Å². The molecule has 1 aromatic rings. The number of aliphatic hydroxyl groups excluding tert-OH is 2. The summed E-state index contributed by atoms with van der Waals surface area (Å²) in [5, 5.41) is 19.6. The molecule has 1 rings (SSSR count). The number of carbonyl (C=O) groups is 1. The zero-order chi connectivity index (χ0) is 13.0. The maximum atomic E-state index is 10.8. The van der Waals surface area contributed by atoms with Gasteiger partial charge in [-0.1, -0.05) is 11.8 Å². The van der Waals surface area contributed by atoms with Crippen LogP contribution in [0.1, 0.15) is 24.2 Å². The number of carbonyl (C=O) groups excluding carboxylic acids is 1. The minimum Gasteiger partial charge on any atom is -0.389 e. The maximum Gasteiger partial charge on any atom is 0.185 e. The summed E-state index contributed by atoms with van der Waals surface area (Å²) < 4.78 is 0. The molecule has 0 saturated carbocycles. The molecule has 4 N–H and O–H groups in total. The van der Waals surface area contributed by atoms with E-state index in [9.17, 15) is 15.0 Å². The van der Waals surface area contributed by atoms with Crippen molar-refractivity contribution in [3.8, 4) is 0 Å². The van der Waals surface area contributed by atoms with E-state index in [-0.39, 0.29) is 10.9 Å². The molecule has 0 aliphatic carbocycles. The molecule has 2 atom stereocenters. The zero-order valence-electron chi connectivity index (χ0n) is 9.75. The van der Waals surface area contributed by atoms with E-state index in [1.165, 1.54) is 13.1 Å². The predicted octanol–water partition coefficient (Wildman–Crippen LogP) is 0.646. The summed E-state index contributed by atoms with van der Waals surface area (Å²) in [6, 6.07) is 1.63. The smallest absolute Gasteiger partial charge is 0.185 e. The Labute approximate surface area is 104 Å². The van der Waals surface area contributed by atoms with E-state index in [1.807, 2.05) is 0 Å². The Kier molecular flexibility index (Phi) is 4.92. The van der Waals surface area contributed by atoms with Gasteiger partial charge in [0, 0.05) is 24.4 Å². The van der Waals surface area contributed by atoms with Crippen molar-refractivity contribution in [1.29, 1.82) is 0 Å². The number of nitrogens with two attached hydrogens (primary N) is 1. The normalized spacial score (nSPS) is 14.4. The molecule has 0 aromatic carbocycles. The highest BCUT2D eigenvalue weighted by molar-refractivity contribution is 8.13. The molecule has 94 valence electrons. The van der Waals surface area contributed by atoms with Gasteiger partial charge in [-0.2, -0.15) is 0 Å². The standard InChI is InChI=1S/C11H16N2O3S/c1-6-3-10(12)13-4-8(6)11(16)9(15)5-17-7(2)14/h3-4,9,11,15-16H,5H2,1-2H3,(H2,12,13). The van der Waals surface area contributed by atoms with E-state index < -0.39 is 12.2 Å². The van der Waals surface area contributed by atoms with E-state index in [0.717, 1.165) is 17.3 Å². The summed E-state index contributed by atoms with van der Waals surface area (Å²) in [5.74, 6) is 0.520. The first-order valence-electron chi connectivity index (χ1n) is 5.13. The van der Waals surface area contributed by atoms with E-state index in [4.69, 9.17) is 5.73 Å². The number of rotatable bonds is 4. The van der Waals surface area contributed by atoms with Crippen LogP contribution in [-0.2, 0) is 4.79 Å². The minimum atomic E-state index is -1.06. The summed E-state index contributed by atoms with van der Waals surface area (Å²) in [7, 11) is 0. The lowest BCUT2D eigenvalue weighted by molar-refractivity contribution is -0.109. The zero-order valence-corrected chi connectivity index (χ0v) is 10.6. The molecule has 6 heteroatoms. The average molecular weight is 256 g/mol. The van der Waals surface area contributed by atoms with Crippen LogP contribution in [0.3, 0.4) is 0 Å². The summed E-state index contributed by atoms with van der Waals surface area (Å²) in [6.45, 7) is 3.20. The molecule has 0 bridgehead atoms. The summed E-state index contributed by atoms with van der Waals surface area (Å²) in [5.41, 5.74) is 6.78. The van der Waals surface area contributed by atoms with Crippen molar-refractivity contribution in [3.63, 3.8) is 0 Å². The lowest BCUT2D eigenvalue weighted by atomic mass is 10.0. The fourth-order valence-electron chi connectivity index (χ4n) is 1.40. The number of nitrogens with zero attached hydrogens (tertiary/aromatic N) is 1. The number of anilines is 1. The Morgan fingerprint density at radius 2 is 2.24 bits per heavy atom. The van der Waals surface area contributed by atoms with Gasteiger partial charge in [0.2, 0.25) is 0 Å². The monoisotopic (exact) mass is 256 g/mol. The van der Waals surface area contributed by atoms with Gasteiger partial charge in [-0.15, -0.1) is 0 Å². The van der Waals surface area contributed by atoms with Gasteiger partial charge in [0.15, 0.2) is 5.12 Å². The van der Waals surface area contributed by atoms with Crippen molar-refractivity contribution in [2.24, 2.45) is 0 Å². The quantitative estimate of drug-likeness (QED) is 0.732. The van der Waals surface area contributed by atoms with E-state index >= 15 is 0 Å². The lowest BCUT2D eigenvalue weighted by Gasteiger charge is -2.18. The van der Waals surface area contributed by atoms with Gasteiger partial charge >= 0.3 is 0 Å². The van der Waals surface area contributed by atoms with E-state index in [2.05, 4.69) is 4.98 Å². The molecule has 5 nitrogen and oxygen atoms in total. The summed E-state index contributed by atoms with van der Waals surface area (Å²) in [6.07, 6.45) is -0.625. The third-order valence-corrected chi connectivity index (χ3v) is 3.23. The van der Waals surface area contributed by atoms with Crippen molar-refractivity contribution >= 4 is 22.7 Å². The van der Waals surface area contributed by atoms with Crippen molar-refractivity contribution in [2.45, 2.75) is 26.1 Å². The third-order valence-electron chi connectivity index (χ3n) is 2.31. The number of hydrogen-bond donors (Lipinski definition) is 3. The summed E-state index contributed by atoms with van der Waals surface area (Å²) >= 11 is 0.977. The number of aromatic nitrogens is 1. The molecule has 17 heavy (non-hydrogen) atoms. The van der Waals surface area contributed by atoms with E-state index in [0.29, 0.717) is 11.4 Å². The Bertz CT molecular complexity index is 412. The molecular formula is C11H16N2O3S. The van der Waals surface area contributed by atoms with Crippen LogP contribution < -0.4 is 5.73 Å². The van der Waals surface area contributed by atoms with Gasteiger partial charge in [0.05, 0.1) is 6.10 Å². The Morgan fingerprint density at radius 1 is 1.59 bits per heavy atom. The number of thioether (sulfide) groups is 1. The second-order valence-electron chi connectivity index (χ2n) is 3.78. The van der Waals surface area contributed by atoms with Crippen LogP contribution in [0.5, 0.6) is 0 Å². The number of aryl methyl sites for hydroxylation is 1. The highest BCUT2D eigenvalue weighted by Gasteiger charge is 2.21. The topological polar surface area (TPSA) is 96.4 Å². The second-order valence-corrected chi connectivity index (χ2v) is 4.98. The number of nitrogen functional groups attached to an aromatic ring is 1. The molecule has 0 radical (unpaired) electrons. The molecule has 0 saturated heterocycles. The number of pyridine rings is 1. The first kappa shape index (κ1) is 14.0. The Balaban J connectivity index is 2.74. The molecule has 0 fully saturated rings. The van der Waals surface area contributed by atoms with Gasteiger partial charge < -0.3 is 15.9 Å². The maximum absolute atomic E-state index is 10.8. The molecule has 0 aliphatic heterocycles. The van der Waals surface area contributed by atoms with Gasteiger partial charge in [0.1, 0.15) is 11.9 Å². The highest BCUT2D eigenvalue weighted by Crippen LogP contribution is 2.23. The SMILES string of the molecule is CC(=O)SCC(O)C(O)c1cnc(N)cc1C. The van der Waals surface area contributed by atoms with Crippen molar-refractivity contribution < 1.29 is 15.0 Å². The molecule has 0 spiro atoms. The average Bonchev–Trinajstić information content (AvgIpc) is 2.25. The van der Waals surface area contributed by atoms with Crippen molar-refractivity contribution in [2.75, 3.05) is 11.5 Å². The molecule has 0 amide bonds. The van der Waals surface area contributed by atoms with Crippen LogP contribution in [0.15, 0.2) is 12.3 Å². The molecular weight excluding hydrogens is 240 g/mol. The van der Waals surface area contributed by atoms with Gasteiger partial charge in [0.25, 0.3) is 0 Å². The van der Waals surface area contributed by atoms with Gasteiger partial charge in [-0.25, -0.2) is 4.98 Å². The molecule has 1 heterocycles. The van der Waals surface area contributed by atoms with Crippen LogP contribution in [0, 0.1) is 6.92 Å².